The number of ether oxygens (including phenoxy) is 1. The molecule has 0 bridgehead atoms. The van der Waals surface area contributed by atoms with Gasteiger partial charge in [0.05, 0.1) is 17.2 Å². The summed E-state index contributed by atoms with van der Waals surface area (Å²) in [6, 6.07) is 18.7. The van der Waals surface area contributed by atoms with E-state index in [0.717, 1.165) is 9.99 Å². The third-order valence-electron chi connectivity index (χ3n) is 5.94. The molecule has 0 saturated carbocycles. The Morgan fingerprint density at radius 2 is 1.56 bits per heavy atom. The average Bonchev–Trinajstić information content (AvgIpc) is 2.89. The van der Waals surface area contributed by atoms with Crippen molar-refractivity contribution in [3.63, 3.8) is 0 Å². The minimum atomic E-state index is -4.05. The molecule has 10 heteroatoms. The van der Waals surface area contributed by atoms with Crippen LogP contribution in [0.15, 0.2) is 77.7 Å². The standard InChI is InChI=1S/C26H27ClFN3O4S/c1-2-35-24-11-9-23(10-12-24)31(36(33,34)25-13-3-20(27)4-14-25)19-26(32)30-17-15-29(16-18-30)22-7-5-21(28)6-8-22/h3-14H,2,15-19H2,1H3. The van der Waals surface area contributed by atoms with Gasteiger partial charge in [0.2, 0.25) is 5.91 Å². The SMILES string of the molecule is CCOc1ccc(N(CC(=O)N2CCN(c3ccc(F)cc3)CC2)S(=O)(=O)c2ccc(Cl)cc2)cc1. The number of rotatable bonds is 8. The van der Waals surface area contributed by atoms with Crippen molar-refractivity contribution < 1.29 is 22.3 Å². The van der Waals surface area contributed by atoms with Gasteiger partial charge in [-0.2, -0.15) is 0 Å². The van der Waals surface area contributed by atoms with Crippen molar-refractivity contribution in [2.24, 2.45) is 0 Å². The van der Waals surface area contributed by atoms with Gasteiger partial charge in [-0.25, -0.2) is 12.8 Å². The first-order valence-corrected chi connectivity index (χ1v) is 13.4. The number of amides is 1. The van der Waals surface area contributed by atoms with Gasteiger partial charge in [0.1, 0.15) is 18.1 Å². The summed E-state index contributed by atoms with van der Waals surface area (Å²) in [6.07, 6.45) is 0. The zero-order valence-electron chi connectivity index (χ0n) is 19.8. The first kappa shape index (κ1) is 25.8. The van der Waals surface area contributed by atoms with Gasteiger partial charge < -0.3 is 14.5 Å². The van der Waals surface area contributed by atoms with Crippen LogP contribution >= 0.6 is 11.6 Å². The van der Waals surface area contributed by atoms with Gasteiger partial charge >= 0.3 is 0 Å². The fraction of sp³-hybridized carbons (Fsp3) is 0.269. The number of benzene rings is 3. The highest BCUT2D eigenvalue weighted by Gasteiger charge is 2.30. The minimum absolute atomic E-state index is 0.0368. The maximum absolute atomic E-state index is 13.6. The van der Waals surface area contributed by atoms with Crippen LogP contribution in [-0.4, -0.2) is 58.6 Å². The molecule has 7 nitrogen and oxygen atoms in total. The number of hydrogen-bond acceptors (Lipinski definition) is 5. The largest absolute Gasteiger partial charge is 0.494 e. The zero-order chi connectivity index (χ0) is 25.7. The predicted molar refractivity (Wildman–Crippen MR) is 139 cm³/mol. The lowest BCUT2D eigenvalue weighted by Gasteiger charge is -2.37. The number of hydrogen-bond donors (Lipinski definition) is 0. The third kappa shape index (κ3) is 5.91. The van der Waals surface area contributed by atoms with Crippen molar-refractivity contribution in [1.82, 2.24) is 4.90 Å². The number of carbonyl (C=O) groups excluding carboxylic acids is 1. The molecular formula is C26H27ClFN3O4S. The van der Waals surface area contributed by atoms with Gasteiger partial charge in [-0.15, -0.1) is 0 Å². The van der Waals surface area contributed by atoms with Crippen LogP contribution in [0.1, 0.15) is 6.92 Å². The second-order valence-electron chi connectivity index (χ2n) is 8.24. The molecule has 1 saturated heterocycles. The van der Waals surface area contributed by atoms with E-state index in [2.05, 4.69) is 4.90 Å². The molecule has 3 aromatic carbocycles. The molecule has 1 amide bonds. The maximum Gasteiger partial charge on any atom is 0.264 e. The summed E-state index contributed by atoms with van der Waals surface area (Å²) in [5.41, 5.74) is 1.23. The van der Waals surface area contributed by atoms with Crippen molar-refractivity contribution in [2.45, 2.75) is 11.8 Å². The Kier molecular flexibility index (Phi) is 8.01. The van der Waals surface area contributed by atoms with E-state index in [0.29, 0.717) is 49.2 Å². The summed E-state index contributed by atoms with van der Waals surface area (Å²) in [4.78, 5) is 17.0. The molecule has 0 aliphatic carbocycles. The van der Waals surface area contributed by atoms with E-state index in [-0.39, 0.29) is 23.2 Å². The number of sulfonamides is 1. The van der Waals surface area contributed by atoms with E-state index in [9.17, 15) is 17.6 Å². The summed E-state index contributed by atoms with van der Waals surface area (Å²) in [5, 5.41) is 0.414. The lowest BCUT2D eigenvalue weighted by atomic mass is 10.2. The third-order valence-corrected chi connectivity index (χ3v) is 7.98. The van der Waals surface area contributed by atoms with Gasteiger partial charge in [0.25, 0.3) is 10.0 Å². The molecule has 0 radical (unpaired) electrons. The van der Waals surface area contributed by atoms with E-state index in [4.69, 9.17) is 16.3 Å². The Balaban J connectivity index is 1.53. The Morgan fingerprint density at radius 1 is 0.944 bits per heavy atom. The number of piperazine rings is 1. The van der Waals surface area contributed by atoms with Crippen molar-refractivity contribution >= 4 is 38.9 Å². The van der Waals surface area contributed by atoms with Crippen LogP contribution < -0.4 is 13.9 Å². The van der Waals surface area contributed by atoms with Gasteiger partial charge in [0.15, 0.2) is 0 Å². The van der Waals surface area contributed by atoms with Crippen molar-refractivity contribution in [3.05, 3.63) is 83.6 Å². The number of anilines is 2. The Morgan fingerprint density at radius 3 is 2.14 bits per heavy atom. The summed E-state index contributed by atoms with van der Waals surface area (Å²) in [5.74, 6) is -0.00245. The smallest absolute Gasteiger partial charge is 0.264 e. The van der Waals surface area contributed by atoms with Crippen LogP contribution in [0.3, 0.4) is 0 Å². The molecule has 0 N–H and O–H groups in total. The van der Waals surface area contributed by atoms with Crippen LogP contribution in [0, 0.1) is 5.82 Å². The second kappa shape index (κ2) is 11.2. The maximum atomic E-state index is 13.6. The summed E-state index contributed by atoms with van der Waals surface area (Å²) in [7, 11) is -4.05. The minimum Gasteiger partial charge on any atom is -0.494 e. The number of carbonyl (C=O) groups is 1. The molecule has 190 valence electrons. The van der Waals surface area contributed by atoms with Gasteiger partial charge in [-0.05, 0) is 79.7 Å². The first-order valence-electron chi connectivity index (χ1n) is 11.6. The van der Waals surface area contributed by atoms with Gasteiger partial charge in [-0.3, -0.25) is 9.10 Å². The molecule has 0 aromatic heterocycles. The Bertz CT molecular complexity index is 1280. The summed E-state index contributed by atoms with van der Waals surface area (Å²) < 4.78 is 47.0. The molecule has 0 spiro atoms. The van der Waals surface area contributed by atoms with Crippen LogP contribution in [0.2, 0.25) is 5.02 Å². The zero-order valence-corrected chi connectivity index (χ0v) is 21.4. The highest BCUT2D eigenvalue weighted by Crippen LogP contribution is 2.27. The average molecular weight is 532 g/mol. The van der Waals surface area contributed by atoms with Crippen molar-refractivity contribution in [3.8, 4) is 5.75 Å². The van der Waals surface area contributed by atoms with Crippen LogP contribution in [0.4, 0.5) is 15.8 Å². The molecular weight excluding hydrogens is 505 g/mol. The Labute approximate surface area is 215 Å². The van der Waals surface area contributed by atoms with E-state index >= 15 is 0 Å². The Hall–Kier alpha value is -3.30. The lowest BCUT2D eigenvalue weighted by Crippen LogP contribution is -2.52. The van der Waals surface area contributed by atoms with E-state index in [1.54, 1.807) is 41.3 Å². The van der Waals surface area contributed by atoms with Crippen molar-refractivity contribution in [1.29, 1.82) is 0 Å². The molecule has 4 rings (SSSR count). The van der Waals surface area contributed by atoms with E-state index < -0.39 is 10.0 Å². The summed E-state index contributed by atoms with van der Waals surface area (Å²) >= 11 is 5.95. The fourth-order valence-electron chi connectivity index (χ4n) is 4.01. The van der Waals surface area contributed by atoms with E-state index in [1.165, 1.54) is 36.4 Å². The highest BCUT2D eigenvalue weighted by atomic mass is 35.5. The molecule has 0 unspecified atom stereocenters. The van der Waals surface area contributed by atoms with Gasteiger partial charge in [-0.1, -0.05) is 11.6 Å². The van der Waals surface area contributed by atoms with E-state index in [1.807, 2.05) is 6.92 Å². The normalized spacial score (nSPS) is 14.0. The van der Waals surface area contributed by atoms with Crippen LogP contribution in [0.25, 0.3) is 0 Å². The summed E-state index contributed by atoms with van der Waals surface area (Å²) in [6.45, 7) is 3.96. The monoisotopic (exact) mass is 531 g/mol. The quantitative estimate of drug-likeness (QED) is 0.430. The molecule has 36 heavy (non-hydrogen) atoms. The highest BCUT2D eigenvalue weighted by molar-refractivity contribution is 7.92. The topological polar surface area (TPSA) is 70.2 Å². The first-order chi connectivity index (χ1) is 17.3. The van der Waals surface area contributed by atoms with Crippen molar-refractivity contribution in [2.75, 3.05) is 48.5 Å². The lowest BCUT2D eigenvalue weighted by molar-refractivity contribution is -0.129. The molecule has 3 aromatic rings. The molecule has 1 fully saturated rings. The molecule has 1 aliphatic heterocycles. The van der Waals surface area contributed by atoms with Crippen LogP contribution in [0.5, 0.6) is 5.75 Å². The van der Waals surface area contributed by atoms with Gasteiger partial charge in [0, 0.05) is 36.9 Å². The second-order valence-corrected chi connectivity index (χ2v) is 10.5. The number of nitrogens with zero attached hydrogens (tertiary/aromatic N) is 3. The molecule has 1 heterocycles. The van der Waals surface area contributed by atoms with Crippen LogP contribution in [-0.2, 0) is 14.8 Å². The predicted octanol–water partition coefficient (Wildman–Crippen LogP) is 4.42. The fourth-order valence-corrected chi connectivity index (χ4v) is 5.55. The number of halogens is 2. The molecule has 0 atom stereocenters. The molecule has 1 aliphatic rings.